The number of rotatable bonds is 0. The summed E-state index contributed by atoms with van der Waals surface area (Å²) in [6.45, 7) is 7.75. The molecule has 2 fully saturated rings. The molecule has 2 heterocycles. The van der Waals surface area contributed by atoms with Crippen LogP contribution in [0.2, 0.25) is 0 Å². The van der Waals surface area contributed by atoms with Crippen LogP contribution in [0.5, 0.6) is 0 Å². The van der Waals surface area contributed by atoms with Gasteiger partial charge in [0.2, 0.25) is 0 Å². The largest absolute Gasteiger partial charge is 0.452 e. The van der Waals surface area contributed by atoms with Crippen molar-refractivity contribution in [3.63, 3.8) is 0 Å². The van der Waals surface area contributed by atoms with Gasteiger partial charge in [-0.3, -0.25) is 0 Å². The van der Waals surface area contributed by atoms with E-state index in [1.54, 1.807) is 20.8 Å². The van der Waals surface area contributed by atoms with E-state index in [4.69, 9.17) is 4.74 Å². The predicted molar refractivity (Wildman–Crippen MR) is 73.4 cm³/mol. The molecule has 7 nitrogen and oxygen atoms in total. The van der Waals surface area contributed by atoms with Crippen LogP contribution in [0.3, 0.4) is 0 Å². The molecule has 0 aliphatic carbocycles. The number of likely N-dealkylation sites (tertiary alicyclic amines) is 1. The summed E-state index contributed by atoms with van der Waals surface area (Å²) in [6.07, 6.45) is 1.16. The molecule has 0 aromatic heterocycles. The molecule has 0 saturated carbocycles. The third-order valence-corrected chi connectivity index (χ3v) is 3.67. The number of carbonyl (C=O) groups excluding carboxylic acids is 3. The molecule has 2 saturated heterocycles. The zero-order chi connectivity index (χ0) is 15.7. The topological polar surface area (TPSA) is 84.9 Å². The Bertz CT molecular complexity index is 451. The maximum atomic E-state index is 12.0. The number of ether oxygens (including phenoxy) is 2. The highest BCUT2D eigenvalue weighted by Gasteiger charge is 2.42. The molecule has 0 aromatic rings. The zero-order valence-electron chi connectivity index (χ0n) is 12.7. The number of hydrogen-bond acceptors (Lipinski definition) is 6. The highest BCUT2D eigenvalue weighted by atomic mass is 16.6. The van der Waals surface area contributed by atoms with Gasteiger partial charge in [-0.15, -0.1) is 0 Å². The minimum absolute atomic E-state index is 0.103. The van der Waals surface area contributed by atoms with Crippen molar-refractivity contribution in [2.75, 3.05) is 26.2 Å². The number of nitrogens with one attached hydrogen (secondary N) is 1. The van der Waals surface area contributed by atoms with Gasteiger partial charge >= 0.3 is 18.0 Å². The molecule has 0 bridgehead atoms. The summed E-state index contributed by atoms with van der Waals surface area (Å²) >= 11 is 0. The predicted octanol–water partition coefficient (Wildman–Crippen LogP) is 0.677. The minimum Gasteiger partial charge on any atom is -0.452 e. The average molecular weight is 298 g/mol. The molecule has 0 aromatic carbocycles. The van der Waals surface area contributed by atoms with E-state index in [1.807, 2.05) is 0 Å². The molecule has 1 N–H and O–H groups in total. The number of amides is 1. The van der Waals surface area contributed by atoms with Crippen molar-refractivity contribution >= 4 is 18.0 Å². The first kappa shape index (κ1) is 15.8. The molecule has 0 atom stereocenters. The summed E-state index contributed by atoms with van der Waals surface area (Å²) in [6, 6.07) is 0. The Hall–Kier alpha value is -1.63. The quantitative estimate of drug-likeness (QED) is 0.402. The summed E-state index contributed by atoms with van der Waals surface area (Å²) in [5.41, 5.74) is -0.696. The van der Waals surface area contributed by atoms with Crippen LogP contribution in [0.15, 0.2) is 0 Å². The van der Waals surface area contributed by atoms with Gasteiger partial charge in [0.05, 0.1) is 0 Å². The van der Waals surface area contributed by atoms with Gasteiger partial charge < -0.3 is 19.7 Å². The molecule has 0 unspecified atom stereocenters. The van der Waals surface area contributed by atoms with Gasteiger partial charge in [0.1, 0.15) is 5.60 Å². The Morgan fingerprint density at radius 3 is 2.33 bits per heavy atom. The van der Waals surface area contributed by atoms with Gasteiger partial charge in [0.25, 0.3) is 0 Å². The van der Waals surface area contributed by atoms with Crippen molar-refractivity contribution in [3.8, 4) is 0 Å². The normalized spacial score (nSPS) is 20.6. The molecule has 118 valence electrons. The highest BCUT2D eigenvalue weighted by Crippen LogP contribution is 2.33. The first-order valence-corrected chi connectivity index (χ1v) is 7.16. The lowest BCUT2D eigenvalue weighted by atomic mass is 9.75. The second-order valence-electron chi connectivity index (χ2n) is 6.79. The van der Waals surface area contributed by atoms with Gasteiger partial charge in [0.15, 0.2) is 0 Å². The molecule has 2 aliphatic rings. The van der Waals surface area contributed by atoms with Gasteiger partial charge in [-0.25, -0.2) is 14.4 Å². The van der Waals surface area contributed by atoms with Crippen LogP contribution in [-0.2, 0) is 19.1 Å². The molecular formula is C14H22N2O5. The zero-order valence-corrected chi connectivity index (χ0v) is 12.7. The summed E-state index contributed by atoms with van der Waals surface area (Å²) in [5.74, 6) is -2.41. The Labute approximate surface area is 123 Å². The van der Waals surface area contributed by atoms with Crippen LogP contribution in [0.4, 0.5) is 4.79 Å². The van der Waals surface area contributed by atoms with E-state index in [-0.39, 0.29) is 5.41 Å². The molecule has 21 heavy (non-hydrogen) atoms. The second kappa shape index (κ2) is 5.63. The lowest BCUT2D eigenvalue weighted by Gasteiger charge is -2.48. The van der Waals surface area contributed by atoms with Crippen molar-refractivity contribution < 1.29 is 23.9 Å². The third-order valence-electron chi connectivity index (χ3n) is 3.67. The van der Waals surface area contributed by atoms with Crippen LogP contribution in [0.25, 0.3) is 0 Å². The van der Waals surface area contributed by atoms with Gasteiger partial charge in [0, 0.05) is 31.6 Å². The van der Waals surface area contributed by atoms with Gasteiger partial charge in [-0.1, -0.05) is 0 Å². The average Bonchev–Trinajstić information content (AvgIpc) is 2.35. The molecule has 7 heteroatoms. The van der Waals surface area contributed by atoms with E-state index in [9.17, 15) is 14.4 Å². The summed E-state index contributed by atoms with van der Waals surface area (Å²) in [4.78, 5) is 36.5. The van der Waals surface area contributed by atoms with E-state index < -0.39 is 23.6 Å². The van der Waals surface area contributed by atoms with Crippen LogP contribution >= 0.6 is 0 Å². The van der Waals surface area contributed by atoms with Crippen LogP contribution in [0, 0.1) is 5.41 Å². The van der Waals surface area contributed by atoms with Crippen molar-refractivity contribution in [3.05, 3.63) is 0 Å². The van der Waals surface area contributed by atoms with Crippen molar-refractivity contribution in [2.24, 2.45) is 5.41 Å². The summed E-state index contributed by atoms with van der Waals surface area (Å²) in [5, 5.41) is 3.20. The maximum Gasteiger partial charge on any atom is 0.426 e. The first-order valence-electron chi connectivity index (χ1n) is 7.16. The Balaban J connectivity index is 1.86. The highest BCUT2D eigenvalue weighted by molar-refractivity contribution is 6.31. The molecule has 1 spiro atoms. The van der Waals surface area contributed by atoms with E-state index in [1.165, 1.54) is 4.90 Å². The molecule has 2 rings (SSSR count). The van der Waals surface area contributed by atoms with Crippen LogP contribution in [-0.4, -0.2) is 54.7 Å². The van der Waals surface area contributed by atoms with Crippen LogP contribution < -0.4 is 5.32 Å². The molecule has 2 aliphatic heterocycles. The number of hydrogen-bond donors (Lipinski definition) is 1. The van der Waals surface area contributed by atoms with Crippen LogP contribution in [0.1, 0.15) is 33.6 Å². The van der Waals surface area contributed by atoms with Gasteiger partial charge in [-0.2, -0.15) is 0 Å². The monoisotopic (exact) mass is 298 g/mol. The van der Waals surface area contributed by atoms with E-state index in [0.717, 1.165) is 25.9 Å². The Morgan fingerprint density at radius 1 is 1.14 bits per heavy atom. The maximum absolute atomic E-state index is 12.0. The molecule has 0 radical (unpaired) electrons. The summed E-state index contributed by atoms with van der Waals surface area (Å²) in [7, 11) is 0. The van der Waals surface area contributed by atoms with Crippen molar-refractivity contribution in [1.29, 1.82) is 0 Å². The smallest absolute Gasteiger partial charge is 0.426 e. The fraction of sp³-hybridized carbons (Fsp3) is 0.786. The lowest BCUT2D eigenvalue weighted by molar-refractivity contribution is -0.172. The molecule has 1 amide bonds. The summed E-state index contributed by atoms with van der Waals surface area (Å²) < 4.78 is 9.48. The number of piperidine rings is 1. The second-order valence-corrected chi connectivity index (χ2v) is 6.79. The fourth-order valence-corrected chi connectivity index (χ4v) is 2.64. The number of esters is 2. The Morgan fingerprint density at radius 2 is 1.81 bits per heavy atom. The standard InChI is InChI=1S/C14H22N2O5/c1-13(2,3)21-11(18)10(17)20-12(19)16-6-4-5-14(9-16)7-15-8-14/h15H,4-9H2,1-3H3. The van der Waals surface area contributed by atoms with Gasteiger partial charge in [-0.05, 0) is 33.6 Å². The first-order chi connectivity index (χ1) is 9.71. The molecular weight excluding hydrogens is 276 g/mol. The minimum atomic E-state index is -1.26. The Kier molecular flexibility index (Phi) is 4.22. The van der Waals surface area contributed by atoms with E-state index in [0.29, 0.717) is 13.1 Å². The lowest BCUT2D eigenvalue weighted by Crippen LogP contribution is -2.62. The SMILES string of the molecule is CC(C)(C)OC(=O)C(=O)OC(=O)N1CCCC2(CNC2)C1. The number of nitrogens with zero attached hydrogens (tertiary/aromatic N) is 1. The number of carbonyl (C=O) groups is 3. The third kappa shape index (κ3) is 3.93. The van der Waals surface area contributed by atoms with E-state index in [2.05, 4.69) is 10.1 Å². The fourth-order valence-electron chi connectivity index (χ4n) is 2.64. The van der Waals surface area contributed by atoms with Crippen molar-refractivity contribution in [1.82, 2.24) is 10.2 Å². The van der Waals surface area contributed by atoms with E-state index >= 15 is 0 Å². The van der Waals surface area contributed by atoms with Crippen molar-refractivity contribution in [2.45, 2.75) is 39.2 Å².